The third-order valence-electron chi connectivity index (χ3n) is 2.73. The molecule has 0 saturated carbocycles. The summed E-state index contributed by atoms with van der Waals surface area (Å²) in [5.74, 6) is 0. The first-order chi connectivity index (χ1) is 7.72. The molecule has 0 amide bonds. The summed E-state index contributed by atoms with van der Waals surface area (Å²) in [6.45, 7) is 5.57. The van der Waals surface area contributed by atoms with Gasteiger partial charge in [0.2, 0.25) is 0 Å². The van der Waals surface area contributed by atoms with Crippen molar-refractivity contribution in [2.45, 2.75) is 26.5 Å². The molecule has 0 aliphatic rings. The number of aliphatic hydroxyl groups excluding tert-OH is 1. The number of rotatable bonds is 4. The molecule has 1 aromatic heterocycles. The molecule has 2 N–H and O–H groups in total. The molecule has 86 valence electrons. The smallest absolute Gasteiger partial charge is 0.134 e. The zero-order valence-corrected chi connectivity index (χ0v) is 9.66. The first-order valence-corrected chi connectivity index (χ1v) is 5.61. The van der Waals surface area contributed by atoms with Gasteiger partial charge in [-0.2, -0.15) is 0 Å². The van der Waals surface area contributed by atoms with Gasteiger partial charge in [-0.3, -0.25) is 0 Å². The van der Waals surface area contributed by atoms with Crippen molar-refractivity contribution in [2.75, 3.05) is 6.54 Å². The van der Waals surface area contributed by atoms with E-state index in [0.29, 0.717) is 0 Å². The summed E-state index contributed by atoms with van der Waals surface area (Å²) in [6.07, 6.45) is 1.34. The van der Waals surface area contributed by atoms with Crippen LogP contribution in [-0.2, 0) is 6.54 Å². The van der Waals surface area contributed by atoms with Crippen molar-refractivity contribution in [1.29, 1.82) is 0 Å². The Hall–Kier alpha value is -1.32. The Labute approximate surface area is 95.1 Å². The molecule has 0 radical (unpaired) electrons. The molecule has 0 fully saturated rings. The second-order valence-corrected chi connectivity index (χ2v) is 3.97. The van der Waals surface area contributed by atoms with E-state index in [4.69, 9.17) is 4.42 Å². The minimum atomic E-state index is -0.439. The van der Waals surface area contributed by atoms with Crippen molar-refractivity contribution >= 4 is 11.0 Å². The van der Waals surface area contributed by atoms with E-state index in [0.717, 1.165) is 35.2 Å². The predicted molar refractivity (Wildman–Crippen MR) is 64.2 cm³/mol. The van der Waals surface area contributed by atoms with Crippen molar-refractivity contribution in [3.8, 4) is 0 Å². The Kier molecular flexibility index (Phi) is 3.27. The summed E-state index contributed by atoms with van der Waals surface area (Å²) >= 11 is 0. The predicted octanol–water partition coefficient (Wildman–Crippen LogP) is 2.60. The van der Waals surface area contributed by atoms with Crippen LogP contribution in [0.15, 0.2) is 28.9 Å². The van der Waals surface area contributed by atoms with E-state index in [-0.39, 0.29) is 0 Å². The number of benzene rings is 1. The van der Waals surface area contributed by atoms with Crippen LogP contribution in [0.25, 0.3) is 11.0 Å². The maximum absolute atomic E-state index is 9.54. The first-order valence-electron chi connectivity index (χ1n) is 5.61. The molecule has 0 spiro atoms. The fourth-order valence-corrected chi connectivity index (χ4v) is 1.76. The minimum Gasteiger partial charge on any atom is -0.464 e. The van der Waals surface area contributed by atoms with E-state index in [9.17, 15) is 5.11 Å². The van der Waals surface area contributed by atoms with Gasteiger partial charge in [-0.1, -0.05) is 13.0 Å². The summed E-state index contributed by atoms with van der Waals surface area (Å²) < 4.78 is 5.46. The highest BCUT2D eigenvalue weighted by Crippen LogP contribution is 2.25. The van der Waals surface area contributed by atoms with Gasteiger partial charge in [0.25, 0.3) is 0 Å². The first kappa shape index (κ1) is 11.2. The van der Waals surface area contributed by atoms with Crippen molar-refractivity contribution in [1.82, 2.24) is 5.32 Å². The lowest BCUT2D eigenvalue weighted by Gasteiger charge is -2.04. The van der Waals surface area contributed by atoms with Gasteiger partial charge in [0, 0.05) is 17.5 Å². The minimum absolute atomic E-state index is 0.439. The van der Waals surface area contributed by atoms with Crippen LogP contribution in [0.5, 0.6) is 0 Å². The van der Waals surface area contributed by atoms with Crippen molar-refractivity contribution in [3.05, 3.63) is 35.6 Å². The van der Waals surface area contributed by atoms with E-state index in [2.05, 4.69) is 12.2 Å². The van der Waals surface area contributed by atoms with Gasteiger partial charge in [-0.05, 0) is 31.2 Å². The van der Waals surface area contributed by atoms with Crippen molar-refractivity contribution in [3.63, 3.8) is 0 Å². The van der Waals surface area contributed by atoms with Crippen LogP contribution < -0.4 is 5.32 Å². The standard InChI is InChI=1S/C13H17NO2/c1-3-14-7-11-8-16-13-5-4-10(9(2)15)6-12(11)13/h4-6,8-9,14-15H,3,7H2,1-2H3. The molecule has 1 unspecified atom stereocenters. The average molecular weight is 219 g/mol. The number of hydrogen-bond acceptors (Lipinski definition) is 3. The van der Waals surface area contributed by atoms with Crippen LogP contribution in [0.2, 0.25) is 0 Å². The summed E-state index contributed by atoms with van der Waals surface area (Å²) in [5, 5.41) is 13.9. The number of nitrogens with one attached hydrogen (secondary N) is 1. The number of hydrogen-bond donors (Lipinski definition) is 2. The van der Waals surface area contributed by atoms with Crippen LogP contribution in [0.4, 0.5) is 0 Å². The third-order valence-corrected chi connectivity index (χ3v) is 2.73. The topological polar surface area (TPSA) is 45.4 Å². The van der Waals surface area contributed by atoms with E-state index in [1.54, 1.807) is 13.2 Å². The Morgan fingerprint density at radius 2 is 2.25 bits per heavy atom. The molecule has 16 heavy (non-hydrogen) atoms. The van der Waals surface area contributed by atoms with Gasteiger partial charge < -0.3 is 14.8 Å². The molecule has 0 bridgehead atoms. The second kappa shape index (κ2) is 4.68. The van der Waals surface area contributed by atoms with Gasteiger partial charge in [-0.25, -0.2) is 0 Å². The molecular weight excluding hydrogens is 202 g/mol. The molecule has 1 heterocycles. The maximum Gasteiger partial charge on any atom is 0.134 e. The van der Waals surface area contributed by atoms with E-state index in [1.807, 2.05) is 18.2 Å². The van der Waals surface area contributed by atoms with Crippen LogP contribution in [0.1, 0.15) is 31.1 Å². The Morgan fingerprint density at radius 1 is 1.44 bits per heavy atom. The lowest BCUT2D eigenvalue weighted by molar-refractivity contribution is 0.199. The summed E-state index contributed by atoms with van der Waals surface area (Å²) in [7, 11) is 0. The summed E-state index contributed by atoms with van der Waals surface area (Å²) in [4.78, 5) is 0. The van der Waals surface area contributed by atoms with Crippen molar-refractivity contribution < 1.29 is 9.52 Å². The fraction of sp³-hybridized carbons (Fsp3) is 0.385. The van der Waals surface area contributed by atoms with Gasteiger partial charge in [0.15, 0.2) is 0 Å². The molecule has 2 aromatic rings. The molecule has 1 aromatic carbocycles. The van der Waals surface area contributed by atoms with Crippen LogP contribution in [0, 0.1) is 0 Å². The third kappa shape index (κ3) is 2.10. The monoisotopic (exact) mass is 219 g/mol. The maximum atomic E-state index is 9.54. The largest absolute Gasteiger partial charge is 0.464 e. The SMILES string of the molecule is CCNCc1coc2ccc(C(C)O)cc12. The molecule has 3 nitrogen and oxygen atoms in total. The van der Waals surface area contributed by atoms with E-state index in [1.165, 1.54) is 0 Å². The van der Waals surface area contributed by atoms with Gasteiger partial charge in [0.05, 0.1) is 12.4 Å². The quantitative estimate of drug-likeness (QED) is 0.830. The molecule has 1 atom stereocenters. The van der Waals surface area contributed by atoms with Gasteiger partial charge >= 0.3 is 0 Å². The van der Waals surface area contributed by atoms with Gasteiger partial charge in [-0.15, -0.1) is 0 Å². The van der Waals surface area contributed by atoms with Crippen LogP contribution >= 0.6 is 0 Å². The number of aliphatic hydroxyl groups is 1. The number of furan rings is 1. The second-order valence-electron chi connectivity index (χ2n) is 3.97. The highest BCUT2D eigenvalue weighted by atomic mass is 16.3. The molecule has 0 aliphatic carbocycles. The fourth-order valence-electron chi connectivity index (χ4n) is 1.76. The summed E-state index contributed by atoms with van der Waals surface area (Å²) in [6, 6.07) is 5.80. The zero-order chi connectivity index (χ0) is 11.5. The Morgan fingerprint density at radius 3 is 2.94 bits per heavy atom. The highest BCUT2D eigenvalue weighted by Gasteiger charge is 2.08. The zero-order valence-electron chi connectivity index (χ0n) is 9.66. The van der Waals surface area contributed by atoms with Crippen LogP contribution in [0.3, 0.4) is 0 Å². The lowest BCUT2D eigenvalue weighted by atomic mass is 10.1. The molecule has 2 rings (SSSR count). The molecular formula is C13H17NO2. The molecule has 0 aliphatic heterocycles. The van der Waals surface area contributed by atoms with Gasteiger partial charge in [0.1, 0.15) is 5.58 Å². The van der Waals surface area contributed by atoms with E-state index >= 15 is 0 Å². The van der Waals surface area contributed by atoms with E-state index < -0.39 is 6.10 Å². The van der Waals surface area contributed by atoms with Crippen molar-refractivity contribution in [2.24, 2.45) is 0 Å². The Bertz CT molecular complexity index is 474. The lowest BCUT2D eigenvalue weighted by Crippen LogP contribution is -2.11. The highest BCUT2D eigenvalue weighted by molar-refractivity contribution is 5.81. The molecule has 3 heteroatoms. The summed E-state index contributed by atoms with van der Waals surface area (Å²) in [5.41, 5.74) is 2.93. The number of fused-ring (bicyclic) bond motifs is 1. The molecule has 0 saturated heterocycles. The average Bonchev–Trinajstić information content (AvgIpc) is 2.68. The Balaban J connectivity index is 2.39. The van der Waals surface area contributed by atoms with Crippen LogP contribution in [-0.4, -0.2) is 11.7 Å². The normalized spacial score (nSPS) is 13.2.